The van der Waals surface area contributed by atoms with Crippen LogP contribution in [0.2, 0.25) is 10.0 Å². The number of carbonyl (C=O) groups excluding carboxylic acids is 2. The molecule has 0 atom stereocenters. The molecular weight excluding hydrogens is 377 g/mol. The molecule has 128 valence electrons. The quantitative estimate of drug-likeness (QED) is 0.660. The lowest BCUT2D eigenvalue weighted by molar-refractivity contribution is -0.119. The number of imide groups is 1. The Kier molecular flexibility index (Phi) is 5.23. The molecule has 0 aromatic heterocycles. The lowest BCUT2D eigenvalue weighted by Crippen LogP contribution is -2.31. The van der Waals surface area contributed by atoms with Crippen LogP contribution in [0, 0.1) is 6.92 Å². The summed E-state index contributed by atoms with van der Waals surface area (Å²) >= 11 is 13.7. The number of halogens is 2. The summed E-state index contributed by atoms with van der Waals surface area (Å²) in [7, 11) is 0. The van der Waals surface area contributed by atoms with Crippen molar-refractivity contribution in [2.24, 2.45) is 0 Å². The molecule has 2 aromatic carbocycles. The summed E-state index contributed by atoms with van der Waals surface area (Å²) in [5.74, 6) is -0.0635. The molecule has 2 amide bonds. The molecular formula is C19H15Cl2NO2S. The molecule has 0 bridgehead atoms. The fourth-order valence-electron chi connectivity index (χ4n) is 2.65. The number of amides is 2. The van der Waals surface area contributed by atoms with Gasteiger partial charge in [0.05, 0.1) is 26.2 Å². The van der Waals surface area contributed by atoms with E-state index in [1.54, 1.807) is 18.2 Å². The van der Waals surface area contributed by atoms with Gasteiger partial charge < -0.3 is 0 Å². The van der Waals surface area contributed by atoms with Crippen molar-refractivity contribution in [1.29, 1.82) is 0 Å². The molecule has 3 nitrogen and oxygen atoms in total. The molecule has 1 aliphatic heterocycles. The number of nitrogens with zero attached hydrogens (tertiary/aromatic N) is 1. The van der Waals surface area contributed by atoms with Crippen molar-refractivity contribution in [1.82, 2.24) is 0 Å². The van der Waals surface area contributed by atoms with Gasteiger partial charge in [-0.1, -0.05) is 66.0 Å². The number of carbonyl (C=O) groups is 2. The molecule has 0 unspecified atom stereocenters. The van der Waals surface area contributed by atoms with Crippen LogP contribution in [0.1, 0.15) is 18.1 Å². The normalized spacial score (nSPS) is 14.6. The molecule has 0 radical (unpaired) electrons. The van der Waals surface area contributed by atoms with Crippen molar-refractivity contribution >= 4 is 58.0 Å². The van der Waals surface area contributed by atoms with Gasteiger partial charge in [-0.3, -0.25) is 9.59 Å². The van der Waals surface area contributed by atoms with Crippen LogP contribution in [0.4, 0.5) is 5.69 Å². The summed E-state index contributed by atoms with van der Waals surface area (Å²) in [6.07, 6.45) is 0. The van der Waals surface area contributed by atoms with Crippen LogP contribution < -0.4 is 4.90 Å². The molecule has 1 aliphatic rings. The van der Waals surface area contributed by atoms with Gasteiger partial charge in [0.2, 0.25) is 0 Å². The van der Waals surface area contributed by atoms with Crippen LogP contribution in [0.25, 0.3) is 5.57 Å². The molecule has 2 aromatic rings. The Hall–Kier alpha value is -1.75. The minimum atomic E-state index is -0.381. The number of benzene rings is 2. The average Bonchev–Trinajstić information content (AvgIpc) is 2.83. The molecule has 25 heavy (non-hydrogen) atoms. The summed E-state index contributed by atoms with van der Waals surface area (Å²) in [4.78, 5) is 27.6. The van der Waals surface area contributed by atoms with Crippen LogP contribution in [0.5, 0.6) is 0 Å². The van der Waals surface area contributed by atoms with Crippen LogP contribution in [0.3, 0.4) is 0 Å². The minimum Gasteiger partial charge on any atom is -0.268 e. The maximum Gasteiger partial charge on any atom is 0.272 e. The summed E-state index contributed by atoms with van der Waals surface area (Å²) in [6.45, 7) is 3.91. The van der Waals surface area contributed by atoms with Gasteiger partial charge in [0.25, 0.3) is 11.8 Å². The number of hydrogen-bond donors (Lipinski definition) is 0. The second-order valence-electron chi connectivity index (χ2n) is 5.52. The Bertz CT molecular complexity index is 891. The first-order chi connectivity index (χ1) is 12.0. The number of thioether (sulfide) groups is 1. The van der Waals surface area contributed by atoms with Crippen molar-refractivity contribution in [2.45, 2.75) is 13.8 Å². The lowest BCUT2D eigenvalue weighted by Gasteiger charge is -2.17. The zero-order valence-corrected chi connectivity index (χ0v) is 16.0. The van der Waals surface area contributed by atoms with Crippen molar-refractivity contribution in [2.75, 3.05) is 10.7 Å². The molecule has 0 saturated carbocycles. The predicted octanol–water partition coefficient (Wildman–Crippen LogP) is 5.34. The monoisotopic (exact) mass is 391 g/mol. The van der Waals surface area contributed by atoms with Crippen molar-refractivity contribution < 1.29 is 9.59 Å². The van der Waals surface area contributed by atoms with E-state index in [0.717, 1.165) is 16.0 Å². The number of hydrogen-bond acceptors (Lipinski definition) is 3. The van der Waals surface area contributed by atoms with E-state index in [9.17, 15) is 9.59 Å². The van der Waals surface area contributed by atoms with Crippen LogP contribution in [-0.4, -0.2) is 17.6 Å². The third-order valence-corrected chi connectivity index (χ3v) is 5.61. The van der Waals surface area contributed by atoms with Crippen molar-refractivity contribution in [3.05, 3.63) is 68.5 Å². The Morgan fingerprint density at radius 1 is 1.00 bits per heavy atom. The fraction of sp³-hybridized carbons (Fsp3) is 0.158. The third-order valence-electron chi connectivity index (χ3n) is 3.84. The highest BCUT2D eigenvalue weighted by molar-refractivity contribution is 8.04. The Morgan fingerprint density at radius 3 is 2.32 bits per heavy atom. The van der Waals surface area contributed by atoms with Crippen LogP contribution in [0.15, 0.2) is 47.4 Å². The van der Waals surface area contributed by atoms with Gasteiger partial charge in [0.1, 0.15) is 0 Å². The van der Waals surface area contributed by atoms with Gasteiger partial charge in [-0.2, -0.15) is 0 Å². The van der Waals surface area contributed by atoms with Crippen molar-refractivity contribution in [3.8, 4) is 0 Å². The van der Waals surface area contributed by atoms with Gasteiger partial charge in [-0.25, -0.2) is 4.90 Å². The van der Waals surface area contributed by atoms with Gasteiger partial charge in [-0.15, -0.1) is 11.8 Å². The first-order valence-corrected chi connectivity index (χ1v) is 9.46. The highest BCUT2D eigenvalue weighted by atomic mass is 35.5. The van der Waals surface area contributed by atoms with Gasteiger partial charge in [-0.05, 0) is 30.4 Å². The zero-order valence-electron chi connectivity index (χ0n) is 13.7. The minimum absolute atomic E-state index is 0.192. The highest BCUT2D eigenvalue weighted by Crippen LogP contribution is 2.41. The first kappa shape index (κ1) is 18.1. The molecule has 0 aliphatic carbocycles. The molecule has 0 N–H and O–H groups in total. The molecule has 0 saturated heterocycles. The Balaban J connectivity index is 2.13. The van der Waals surface area contributed by atoms with E-state index in [1.165, 1.54) is 11.8 Å². The van der Waals surface area contributed by atoms with Crippen LogP contribution in [-0.2, 0) is 9.59 Å². The zero-order chi connectivity index (χ0) is 18.1. The second-order valence-corrected chi connectivity index (χ2v) is 7.58. The van der Waals surface area contributed by atoms with E-state index in [0.29, 0.717) is 26.9 Å². The first-order valence-electron chi connectivity index (χ1n) is 7.72. The van der Waals surface area contributed by atoms with E-state index in [-0.39, 0.29) is 16.8 Å². The van der Waals surface area contributed by atoms with Gasteiger partial charge in [0.15, 0.2) is 0 Å². The average molecular weight is 392 g/mol. The Morgan fingerprint density at radius 2 is 1.68 bits per heavy atom. The number of rotatable bonds is 4. The molecule has 3 rings (SSSR count). The lowest BCUT2D eigenvalue weighted by atomic mass is 10.0. The van der Waals surface area contributed by atoms with Gasteiger partial charge >= 0.3 is 0 Å². The topological polar surface area (TPSA) is 37.4 Å². The SMILES string of the molecule is CCSC1=C(c2ccc(C)cc2)C(=O)N(c2cccc(Cl)c2Cl)C1=O. The number of aryl methyl sites for hydroxylation is 1. The summed E-state index contributed by atoms with van der Waals surface area (Å²) < 4.78 is 0. The largest absolute Gasteiger partial charge is 0.272 e. The second kappa shape index (κ2) is 7.24. The third kappa shape index (κ3) is 3.22. The molecule has 1 heterocycles. The van der Waals surface area contributed by atoms with Crippen LogP contribution >= 0.6 is 35.0 Å². The van der Waals surface area contributed by atoms with E-state index in [1.807, 2.05) is 38.1 Å². The van der Waals surface area contributed by atoms with E-state index >= 15 is 0 Å². The Labute approximate surface area is 160 Å². The maximum absolute atomic E-state index is 13.1. The summed E-state index contributed by atoms with van der Waals surface area (Å²) in [5.41, 5.74) is 2.52. The summed E-state index contributed by atoms with van der Waals surface area (Å²) in [5, 5.41) is 0.491. The maximum atomic E-state index is 13.1. The molecule has 0 spiro atoms. The smallest absolute Gasteiger partial charge is 0.268 e. The summed E-state index contributed by atoms with van der Waals surface area (Å²) in [6, 6.07) is 12.5. The van der Waals surface area contributed by atoms with E-state index < -0.39 is 0 Å². The predicted molar refractivity (Wildman–Crippen MR) is 105 cm³/mol. The number of anilines is 1. The highest BCUT2D eigenvalue weighted by Gasteiger charge is 2.40. The van der Waals surface area contributed by atoms with Crippen molar-refractivity contribution in [3.63, 3.8) is 0 Å². The van der Waals surface area contributed by atoms with E-state index in [2.05, 4.69) is 0 Å². The molecule has 6 heteroatoms. The van der Waals surface area contributed by atoms with Gasteiger partial charge in [0, 0.05) is 0 Å². The van der Waals surface area contributed by atoms with E-state index in [4.69, 9.17) is 23.2 Å². The molecule has 0 fully saturated rings. The fourth-order valence-corrected chi connectivity index (χ4v) is 3.88. The standard InChI is InChI=1S/C19H15Cl2NO2S/c1-3-25-17-15(12-9-7-11(2)8-10-12)18(23)22(19(17)24)14-6-4-5-13(20)16(14)21/h4-10H,3H2,1-2H3.